The smallest absolute Gasteiger partial charge is 0.00248 e. The first-order valence-corrected chi connectivity index (χ1v) is 4.54. The summed E-state index contributed by atoms with van der Waals surface area (Å²) in [6, 6.07) is 0. The Bertz CT molecular complexity index is 132. The van der Waals surface area contributed by atoms with E-state index in [4.69, 9.17) is 0 Å². The van der Waals surface area contributed by atoms with Gasteiger partial charge in [0.2, 0.25) is 0 Å². The summed E-state index contributed by atoms with van der Waals surface area (Å²) >= 11 is 0. The number of rotatable bonds is 1. The van der Waals surface area contributed by atoms with Crippen LogP contribution in [0.15, 0.2) is 12.2 Å². The first-order valence-electron chi connectivity index (χ1n) is 4.54. The minimum Gasteiger partial charge on any atom is -0.0807 e. The molecule has 0 heterocycles. The second-order valence-electron chi connectivity index (χ2n) is 3.98. The van der Waals surface area contributed by atoms with Gasteiger partial charge < -0.3 is 0 Å². The maximum absolute atomic E-state index is 2.39. The molecule has 1 saturated carbocycles. The average molecular weight is 136 g/mol. The van der Waals surface area contributed by atoms with Crippen LogP contribution < -0.4 is 0 Å². The van der Waals surface area contributed by atoms with E-state index in [1.807, 2.05) is 0 Å². The molecule has 10 heavy (non-hydrogen) atoms. The van der Waals surface area contributed by atoms with E-state index in [1.54, 1.807) is 0 Å². The average Bonchev–Trinajstić information content (AvgIpc) is 2.71. The van der Waals surface area contributed by atoms with Crippen molar-refractivity contribution in [3.8, 4) is 0 Å². The topological polar surface area (TPSA) is 0 Å². The van der Waals surface area contributed by atoms with Crippen LogP contribution in [0.1, 0.15) is 32.6 Å². The maximum Gasteiger partial charge on any atom is -0.00248 e. The zero-order valence-electron chi connectivity index (χ0n) is 6.72. The molecule has 0 nitrogen and oxygen atoms in total. The molecular formula is C10H16. The van der Waals surface area contributed by atoms with Crippen LogP contribution in [-0.2, 0) is 0 Å². The van der Waals surface area contributed by atoms with Crippen LogP contribution in [0, 0.1) is 17.8 Å². The van der Waals surface area contributed by atoms with E-state index in [9.17, 15) is 0 Å². The summed E-state index contributed by atoms with van der Waals surface area (Å²) in [6.45, 7) is 2.39. The fourth-order valence-corrected chi connectivity index (χ4v) is 2.05. The molecular weight excluding hydrogens is 120 g/mol. The second-order valence-corrected chi connectivity index (χ2v) is 3.98. The molecule has 2 aliphatic carbocycles. The van der Waals surface area contributed by atoms with E-state index < -0.39 is 0 Å². The van der Waals surface area contributed by atoms with Crippen molar-refractivity contribution in [2.24, 2.45) is 17.8 Å². The molecule has 0 aromatic rings. The third-order valence-corrected chi connectivity index (χ3v) is 3.02. The SMILES string of the molecule is CC1CCC(C2C=C2)CC1. The van der Waals surface area contributed by atoms with E-state index in [-0.39, 0.29) is 0 Å². The lowest BCUT2D eigenvalue weighted by molar-refractivity contribution is 0.275. The van der Waals surface area contributed by atoms with E-state index in [0.717, 1.165) is 17.8 Å². The molecule has 0 aromatic carbocycles. The van der Waals surface area contributed by atoms with E-state index >= 15 is 0 Å². The maximum atomic E-state index is 2.39. The van der Waals surface area contributed by atoms with Crippen molar-refractivity contribution >= 4 is 0 Å². The standard InChI is InChI=1S/C10H16/c1-8-2-4-9(5-3-8)10-6-7-10/h6-10H,2-5H2,1H3. The van der Waals surface area contributed by atoms with Gasteiger partial charge >= 0.3 is 0 Å². The summed E-state index contributed by atoms with van der Waals surface area (Å²) in [7, 11) is 0. The normalized spacial score (nSPS) is 40.1. The summed E-state index contributed by atoms with van der Waals surface area (Å²) in [5.41, 5.74) is 0. The van der Waals surface area contributed by atoms with Crippen molar-refractivity contribution in [2.75, 3.05) is 0 Å². The van der Waals surface area contributed by atoms with Gasteiger partial charge in [0, 0.05) is 0 Å². The molecule has 0 saturated heterocycles. The molecule has 0 spiro atoms. The van der Waals surface area contributed by atoms with Gasteiger partial charge in [-0.1, -0.05) is 31.9 Å². The minimum atomic E-state index is 0.924. The van der Waals surface area contributed by atoms with Crippen LogP contribution in [0.5, 0.6) is 0 Å². The highest BCUT2D eigenvalue weighted by atomic mass is 14.3. The van der Waals surface area contributed by atoms with Gasteiger partial charge in [0.15, 0.2) is 0 Å². The van der Waals surface area contributed by atoms with Gasteiger partial charge in [0.05, 0.1) is 0 Å². The summed E-state index contributed by atoms with van der Waals surface area (Å²) in [5.74, 6) is 2.97. The number of hydrogen-bond acceptors (Lipinski definition) is 0. The van der Waals surface area contributed by atoms with Crippen LogP contribution in [0.3, 0.4) is 0 Å². The van der Waals surface area contributed by atoms with E-state index in [0.29, 0.717) is 0 Å². The first kappa shape index (κ1) is 6.45. The third kappa shape index (κ3) is 1.25. The highest BCUT2D eigenvalue weighted by molar-refractivity contribution is 5.15. The van der Waals surface area contributed by atoms with Gasteiger partial charge in [-0.3, -0.25) is 0 Å². The quantitative estimate of drug-likeness (QED) is 0.486. The monoisotopic (exact) mass is 136 g/mol. The lowest BCUT2D eigenvalue weighted by Crippen LogP contribution is -2.14. The molecule has 2 aliphatic rings. The molecule has 0 N–H and O–H groups in total. The highest BCUT2D eigenvalue weighted by Crippen LogP contribution is 2.38. The van der Waals surface area contributed by atoms with Crippen LogP contribution >= 0.6 is 0 Å². The molecule has 0 unspecified atom stereocenters. The zero-order valence-corrected chi connectivity index (χ0v) is 6.72. The highest BCUT2D eigenvalue weighted by Gasteiger charge is 2.27. The molecule has 0 aliphatic heterocycles. The molecule has 0 heteroatoms. The molecule has 0 aromatic heterocycles. The Balaban J connectivity index is 1.79. The Labute approximate surface area is 63.3 Å². The van der Waals surface area contributed by atoms with Crippen molar-refractivity contribution < 1.29 is 0 Å². The Kier molecular flexibility index (Phi) is 1.55. The van der Waals surface area contributed by atoms with Gasteiger partial charge in [0.25, 0.3) is 0 Å². The summed E-state index contributed by atoms with van der Waals surface area (Å²) in [4.78, 5) is 0. The number of allylic oxidation sites excluding steroid dienone is 2. The lowest BCUT2D eigenvalue weighted by atomic mass is 9.80. The zero-order chi connectivity index (χ0) is 6.97. The van der Waals surface area contributed by atoms with Gasteiger partial charge in [-0.05, 0) is 30.6 Å². The van der Waals surface area contributed by atoms with Crippen molar-refractivity contribution in [1.82, 2.24) is 0 Å². The molecule has 0 atom stereocenters. The fraction of sp³-hybridized carbons (Fsp3) is 0.800. The Morgan fingerprint density at radius 3 is 2.10 bits per heavy atom. The van der Waals surface area contributed by atoms with E-state index in [2.05, 4.69) is 19.1 Å². The van der Waals surface area contributed by atoms with Crippen LogP contribution in [0.2, 0.25) is 0 Å². The van der Waals surface area contributed by atoms with Gasteiger partial charge in [-0.2, -0.15) is 0 Å². The summed E-state index contributed by atoms with van der Waals surface area (Å²) < 4.78 is 0. The van der Waals surface area contributed by atoms with Crippen molar-refractivity contribution in [3.05, 3.63) is 12.2 Å². The predicted octanol–water partition coefficient (Wildman–Crippen LogP) is 3.00. The van der Waals surface area contributed by atoms with Gasteiger partial charge in [-0.15, -0.1) is 0 Å². The van der Waals surface area contributed by atoms with E-state index in [1.165, 1.54) is 25.7 Å². The van der Waals surface area contributed by atoms with Gasteiger partial charge in [-0.25, -0.2) is 0 Å². The Morgan fingerprint density at radius 2 is 1.60 bits per heavy atom. The van der Waals surface area contributed by atoms with Crippen molar-refractivity contribution in [3.63, 3.8) is 0 Å². The fourth-order valence-electron chi connectivity index (χ4n) is 2.05. The predicted molar refractivity (Wildman–Crippen MR) is 43.8 cm³/mol. The third-order valence-electron chi connectivity index (χ3n) is 3.02. The van der Waals surface area contributed by atoms with Crippen LogP contribution in [0.25, 0.3) is 0 Å². The van der Waals surface area contributed by atoms with Crippen LogP contribution in [-0.4, -0.2) is 0 Å². The van der Waals surface area contributed by atoms with Gasteiger partial charge in [0.1, 0.15) is 0 Å². The minimum absolute atomic E-state index is 0.924. The van der Waals surface area contributed by atoms with Crippen LogP contribution in [0.4, 0.5) is 0 Å². The second kappa shape index (κ2) is 2.41. The Morgan fingerprint density at radius 1 is 1.00 bits per heavy atom. The molecule has 1 fully saturated rings. The molecule has 0 bridgehead atoms. The largest absolute Gasteiger partial charge is 0.0807 e. The Hall–Kier alpha value is -0.260. The van der Waals surface area contributed by atoms with Crippen molar-refractivity contribution in [1.29, 1.82) is 0 Å². The number of hydrogen-bond donors (Lipinski definition) is 0. The lowest BCUT2D eigenvalue weighted by Gasteiger charge is -2.25. The first-order chi connectivity index (χ1) is 4.86. The summed E-state index contributed by atoms with van der Waals surface area (Å²) in [5, 5.41) is 0. The van der Waals surface area contributed by atoms with Crippen molar-refractivity contribution in [2.45, 2.75) is 32.6 Å². The molecule has 0 radical (unpaired) electrons. The molecule has 2 rings (SSSR count). The summed E-state index contributed by atoms with van der Waals surface area (Å²) in [6.07, 6.45) is 10.6. The molecule has 56 valence electrons. The molecule has 0 amide bonds.